The SMILES string of the molecule is CC(=O)N1C(c2ccccc2)=Nc2ccc3ccccc3c2C1c1ccccc1. The number of carbonyl (C=O) groups is 1. The maximum Gasteiger partial charge on any atom is 0.225 e. The summed E-state index contributed by atoms with van der Waals surface area (Å²) in [4.78, 5) is 19.8. The first-order valence-corrected chi connectivity index (χ1v) is 9.74. The van der Waals surface area contributed by atoms with E-state index in [1.165, 1.54) is 0 Å². The molecule has 29 heavy (non-hydrogen) atoms. The maximum absolute atomic E-state index is 13.0. The molecule has 1 amide bonds. The Kier molecular flexibility index (Phi) is 4.21. The summed E-state index contributed by atoms with van der Waals surface area (Å²) >= 11 is 0. The molecular formula is C26H20N2O. The van der Waals surface area contributed by atoms with E-state index in [0.717, 1.165) is 33.2 Å². The van der Waals surface area contributed by atoms with E-state index < -0.39 is 0 Å². The first-order valence-electron chi connectivity index (χ1n) is 9.74. The second-order valence-corrected chi connectivity index (χ2v) is 7.22. The molecule has 1 atom stereocenters. The lowest BCUT2D eigenvalue weighted by molar-refractivity contribution is -0.126. The van der Waals surface area contributed by atoms with E-state index in [2.05, 4.69) is 36.4 Å². The Morgan fingerprint density at radius 3 is 2.17 bits per heavy atom. The van der Waals surface area contributed by atoms with E-state index in [4.69, 9.17) is 4.99 Å². The van der Waals surface area contributed by atoms with Gasteiger partial charge in [0.2, 0.25) is 5.91 Å². The van der Waals surface area contributed by atoms with Crippen LogP contribution in [0, 0.1) is 0 Å². The fourth-order valence-electron chi connectivity index (χ4n) is 4.16. The van der Waals surface area contributed by atoms with Crippen LogP contribution in [0.5, 0.6) is 0 Å². The van der Waals surface area contributed by atoms with E-state index in [9.17, 15) is 4.79 Å². The maximum atomic E-state index is 13.0. The average Bonchev–Trinajstić information content (AvgIpc) is 2.78. The molecule has 0 bridgehead atoms. The molecule has 1 aliphatic heterocycles. The highest BCUT2D eigenvalue weighted by atomic mass is 16.2. The van der Waals surface area contributed by atoms with E-state index in [0.29, 0.717) is 5.84 Å². The molecule has 5 rings (SSSR count). The summed E-state index contributed by atoms with van der Waals surface area (Å²) in [6.45, 7) is 1.62. The van der Waals surface area contributed by atoms with Gasteiger partial charge in [0.25, 0.3) is 0 Å². The first kappa shape index (κ1) is 17.4. The molecule has 0 fully saturated rings. The molecule has 3 heteroatoms. The number of fused-ring (bicyclic) bond motifs is 3. The second kappa shape index (κ2) is 7.02. The van der Waals surface area contributed by atoms with Crippen molar-refractivity contribution in [1.29, 1.82) is 0 Å². The highest BCUT2D eigenvalue weighted by Crippen LogP contribution is 2.44. The Labute approximate surface area is 169 Å². The normalized spacial score (nSPS) is 15.7. The molecule has 4 aromatic carbocycles. The monoisotopic (exact) mass is 376 g/mol. The zero-order chi connectivity index (χ0) is 19.8. The van der Waals surface area contributed by atoms with Gasteiger partial charge in [-0.15, -0.1) is 0 Å². The van der Waals surface area contributed by atoms with Crippen molar-refractivity contribution in [1.82, 2.24) is 4.90 Å². The lowest BCUT2D eigenvalue weighted by atomic mass is 9.89. The third kappa shape index (κ3) is 2.92. The molecule has 0 radical (unpaired) electrons. The minimum atomic E-state index is -0.234. The van der Waals surface area contributed by atoms with Gasteiger partial charge in [0.05, 0.1) is 11.7 Å². The molecular weight excluding hydrogens is 356 g/mol. The number of carbonyl (C=O) groups excluding carboxylic acids is 1. The van der Waals surface area contributed by atoms with Gasteiger partial charge in [-0.3, -0.25) is 9.69 Å². The van der Waals surface area contributed by atoms with Crippen molar-refractivity contribution in [2.75, 3.05) is 0 Å². The Balaban J connectivity index is 1.86. The molecule has 0 aliphatic carbocycles. The minimum Gasteiger partial charge on any atom is -0.285 e. The average molecular weight is 376 g/mol. The molecule has 4 aromatic rings. The molecule has 0 saturated carbocycles. The van der Waals surface area contributed by atoms with Crippen molar-refractivity contribution in [3.05, 3.63) is 114 Å². The van der Waals surface area contributed by atoms with Gasteiger partial charge in [0.15, 0.2) is 0 Å². The molecule has 1 unspecified atom stereocenters. The van der Waals surface area contributed by atoms with Crippen LogP contribution >= 0.6 is 0 Å². The second-order valence-electron chi connectivity index (χ2n) is 7.22. The number of rotatable bonds is 2. The summed E-state index contributed by atoms with van der Waals surface area (Å²) < 4.78 is 0. The van der Waals surface area contributed by atoms with Crippen LogP contribution in [-0.2, 0) is 4.79 Å². The molecule has 0 saturated heterocycles. The lowest BCUT2D eigenvalue weighted by Gasteiger charge is -2.37. The topological polar surface area (TPSA) is 32.7 Å². The van der Waals surface area contributed by atoms with Crippen LogP contribution < -0.4 is 0 Å². The van der Waals surface area contributed by atoms with Crippen LogP contribution in [0.25, 0.3) is 10.8 Å². The van der Waals surface area contributed by atoms with Crippen LogP contribution in [0.15, 0.2) is 102 Å². The molecule has 140 valence electrons. The summed E-state index contributed by atoms with van der Waals surface area (Å²) in [6, 6.07) is 32.4. The Morgan fingerprint density at radius 1 is 0.793 bits per heavy atom. The molecule has 0 N–H and O–H groups in total. The summed E-state index contributed by atoms with van der Waals surface area (Å²) in [5.41, 5.74) is 3.99. The quantitative estimate of drug-likeness (QED) is 0.431. The smallest absolute Gasteiger partial charge is 0.225 e. The number of hydrogen-bond donors (Lipinski definition) is 0. The predicted octanol–water partition coefficient (Wildman–Crippen LogP) is 5.87. The predicted molar refractivity (Wildman–Crippen MR) is 117 cm³/mol. The fraction of sp³-hybridized carbons (Fsp3) is 0.0769. The minimum absolute atomic E-state index is 0.0277. The van der Waals surface area contributed by atoms with Gasteiger partial charge in [-0.2, -0.15) is 0 Å². The lowest BCUT2D eigenvalue weighted by Crippen LogP contribution is -2.41. The molecule has 1 heterocycles. The van der Waals surface area contributed by atoms with Crippen molar-refractivity contribution in [2.24, 2.45) is 4.99 Å². The Bertz CT molecular complexity index is 1230. The van der Waals surface area contributed by atoms with E-state index in [1.807, 2.05) is 65.6 Å². The van der Waals surface area contributed by atoms with Gasteiger partial charge in [0, 0.05) is 18.1 Å². The summed E-state index contributed by atoms with van der Waals surface area (Å²) in [7, 11) is 0. The molecule has 1 aliphatic rings. The number of amidine groups is 1. The van der Waals surface area contributed by atoms with Gasteiger partial charge in [-0.1, -0.05) is 91.0 Å². The van der Waals surface area contributed by atoms with Crippen LogP contribution in [0.3, 0.4) is 0 Å². The van der Waals surface area contributed by atoms with E-state index >= 15 is 0 Å². The Hall–Kier alpha value is -3.72. The van der Waals surface area contributed by atoms with Crippen molar-refractivity contribution in [3.8, 4) is 0 Å². The number of amides is 1. The number of aliphatic imine (C=N–C) groups is 1. The standard InChI is InChI=1S/C26H20N2O/c1-18(29)28-25(20-11-4-2-5-12-20)24-22-15-9-8-10-19(22)16-17-23(24)27-26(28)21-13-6-3-7-14-21/h2-17,25H,1H3. The van der Waals surface area contributed by atoms with Gasteiger partial charge < -0.3 is 0 Å². The van der Waals surface area contributed by atoms with Gasteiger partial charge in [-0.25, -0.2) is 4.99 Å². The number of hydrogen-bond acceptors (Lipinski definition) is 2. The largest absolute Gasteiger partial charge is 0.285 e. The van der Waals surface area contributed by atoms with Crippen molar-refractivity contribution < 1.29 is 4.79 Å². The van der Waals surface area contributed by atoms with Crippen molar-refractivity contribution in [2.45, 2.75) is 13.0 Å². The zero-order valence-corrected chi connectivity index (χ0v) is 16.1. The van der Waals surface area contributed by atoms with Crippen molar-refractivity contribution in [3.63, 3.8) is 0 Å². The molecule has 0 aromatic heterocycles. The summed E-state index contributed by atoms with van der Waals surface area (Å²) in [5.74, 6) is 0.662. The van der Waals surface area contributed by atoms with E-state index in [1.54, 1.807) is 6.92 Å². The highest BCUT2D eigenvalue weighted by molar-refractivity contribution is 6.11. The van der Waals surface area contributed by atoms with Gasteiger partial charge in [-0.05, 0) is 22.4 Å². The third-order valence-electron chi connectivity index (χ3n) is 5.42. The summed E-state index contributed by atoms with van der Waals surface area (Å²) in [5, 5.41) is 2.27. The van der Waals surface area contributed by atoms with Crippen LogP contribution in [0.2, 0.25) is 0 Å². The number of benzene rings is 4. The third-order valence-corrected chi connectivity index (χ3v) is 5.42. The zero-order valence-electron chi connectivity index (χ0n) is 16.1. The van der Waals surface area contributed by atoms with E-state index in [-0.39, 0.29) is 11.9 Å². The highest BCUT2D eigenvalue weighted by Gasteiger charge is 2.35. The molecule has 3 nitrogen and oxygen atoms in total. The van der Waals surface area contributed by atoms with Crippen LogP contribution in [-0.4, -0.2) is 16.6 Å². The fourth-order valence-corrected chi connectivity index (χ4v) is 4.16. The number of nitrogens with zero attached hydrogens (tertiary/aromatic N) is 2. The van der Waals surface area contributed by atoms with Gasteiger partial charge in [0.1, 0.15) is 5.84 Å². The Morgan fingerprint density at radius 2 is 1.45 bits per heavy atom. The van der Waals surface area contributed by atoms with Crippen LogP contribution in [0.4, 0.5) is 5.69 Å². The summed E-state index contributed by atoms with van der Waals surface area (Å²) in [6.07, 6.45) is 0. The first-order chi connectivity index (χ1) is 14.2. The van der Waals surface area contributed by atoms with Crippen molar-refractivity contribution >= 4 is 28.2 Å². The van der Waals surface area contributed by atoms with Gasteiger partial charge >= 0.3 is 0 Å². The molecule has 0 spiro atoms. The van der Waals surface area contributed by atoms with Crippen LogP contribution in [0.1, 0.15) is 29.7 Å².